The lowest BCUT2D eigenvalue weighted by Gasteiger charge is -2.12. The number of carboxylic acid groups (broad SMARTS) is 2. The van der Waals surface area contributed by atoms with Crippen molar-refractivity contribution in [3.63, 3.8) is 0 Å². The Morgan fingerprint density at radius 2 is 0.947 bits per heavy atom. The van der Waals surface area contributed by atoms with Crippen molar-refractivity contribution in [3.05, 3.63) is 71.8 Å². The topological polar surface area (TPSA) is 237 Å². The number of nitrogens with two attached hydrogens (primary N) is 2. The molecule has 0 fully saturated rings. The summed E-state index contributed by atoms with van der Waals surface area (Å²) in [5.74, 6) is -4.35. The molecule has 14 nitrogen and oxygen atoms in total. The molecule has 0 saturated heterocycles. The van der Waals surface area contributed by atoms with Gasteiger partial charge in [0, 0.05) is 0 Å². The molecular weight excluding hydrogens is 504 g/mol. The van der Waals surface area contributed by atoms with Gasteiger partial charge in [-0.05, 0) is 11.1 Å². The Morgan fingerprint density at radius 1 is 0.632 bits per heavy atom. The number of carbonyl (C=O) groups is 6. The number of carboxylic acids is 2. The second-order valence-corrected chi connectivity index (χ2v) is 7.53. The normalized spacial score (nSPS) is 11.4. The van der Waals surface area contributed by atoms with E-state index in [9.17, 15) is 28.8 Å². The molecule has 14 heteroatoms. The van der Waals surface area contributed by atoms with Crippen molar-refractivity contribution in [1.82, 2.24) is 10.6 Å². The summed E-state index contributed by atoms with van der Waals surface area (Å²) in [6.07, 6.45) is -2.82. The molecule has 0 aliphatic carbocycles. The van der Waals surface area contributed by atoms with Crippen LogP contribution in [0.1, 0.15) is 24.0 Å². The van der Waals surface area contributed by atoms with Crippen LogP contribution in [0, 0.1) is 0 Å². The molecule has 0 spiro atoms. The van der Waals surface area contributed by atoms with Gasteiger partial charge in [-0.3, -0.25) is 9.59 Å². The van der Waals surface area contributed by atoms with Gasteiger partial charge in [-0.1, -0.05) is 60.7 Å². The Bertz CT molecular complexity index is 1010. The zero-order valence-corrected chi connectivity index (χ0v) is 20.1. The largest absolute Gasteiger partial charge is 0.480 e. The lowest BCUT2D eigenvalue weighted by atomic mass is 10.2. The highest BCUT2D eigenvalue weighted by Crippen LogP contribution is 2.02. The number of hydrogen-bond donors (Lipinski definition) is 6. The fourth-order valence-electron chi connectivity index (χ4n) is 2.62. The minimum absolute atomic E-state index is 0.00951. The quantitative estimate of drug-likeness (QED) is 0.221. The first-order valence-electron chi connectivity index (χ1n) is 10.9. The predicted octanol–water partition coefficient (Wildman–Crippen LogP) is 0.483. The molecule has 2 rings (SSSR count). The van der Waals surface area contributed by atoms with Crippen molar-refractivity contribution in [3.8, 4) is 0 Å². The molecule has 2 aromatic carbocycles. The molecule has 8 N–H and O–H groups in total. The molecule has 0 aromatic heterocycles. The third-order valence-electron chi connectivity index (χ3n) is 4.42. The molecule has 0 aliphatic rings. The lowest BCUT2D eigenvalue weighted by Crippen LogP contribution is -2.43. The second kappa shape index (κ2) is 16.5. The van der Waals surface area contributed by atoms with Gasteiger partial charge in [0.2, 0.25) is 11.8 Å². The van der Waals surface area contributed by atoms with E-state index in [-0.39, 0.29) is 13.2 Å². The first-order valence-corrected chi connectivity index (χ1v) is 10.9. The van der Waals surface area contributed by atoms with Crippen LogP contribution in [0.4, 0.5) is 9.59 Å². The van der Waals surface area contributed by atoms with Crippen LogP contribution < -0.4 is 22.1 Å². The summed E-state index contributed by atoms with van der Waals surface area (Å²) in [6.45, 7) is 0.0190. The van der Waals surface area contributed by atoms with Gasteiger partial charge >= 0.3 is 24.1 Å². The molecule has 0 radical (unpaired) electrons. The molecule has 38 heavy (non-hydrogen) atoms. The Morgan fingerprint density at radius 3 is 1.21 bits per heavy atom. The highest BCUT2D eigenvalue weighted by atomic mass is 16.6. The van der Waals surface area contributed by atoms with Crippen LogP contribution in [-0.4, -0.2) is 58.2 Å². The second-order valence-electron chi connectivity index (χ2n) is 7.53. The molecule has 0 aliphatic heterocycles. The van der Waals surface area contributed by atoms with Gasteiger partial charge in [0.15, 0.2) is 0 Å². The van der Waals surface area contributed by atoms with E-state index in [1.807, 2.05) is 12.1 Å². The summed E-state index contributed by atoms with van der Waals surface area (Å²) < 4.78 is 9.65. The number of alkyl carbamates (subject to hydrolysis) is 2. The number of nitrogens with one attached hydrogen (secondary N) is 2. The highest BCUT2D eigenvalue weighted by Gasteiger charge is 2.23. The monoisotopic (exact) mass is 532 g/mol. The van der Waals surface area contributed by atoms with Crippen molar-refractivity contribution in [1.29, 1.82) is 0 Å². The summed E-state index contributed by atoms with van der Waals surface area (Å²) in [4.78, 5) is 65.5. The van der Waals surface area contributed by atoms with Gasteiger partial charge in [-0.15, -0.1) is 0 Å². The summed E-state index contributed by atoms with van der Waals surface area (Å²) in [7, 11) is 0. The molecule has 0 heterocycles. The number of rotatable bonds is 12. The van der Waals surface area contributed by atoms with Gasteiger partial charge in [-0.25, -0.2) is 19.2 Å². The highest BCUT2D eigenvalue weighted by molar-refractivity contribution is 5.87. The third kappa shape index (κ3) is 13.7. The van der Waals surface area contributed by atoms with Crippen molar-refractivity contribution in [2.24, 2.45) is 11.5 Å². The van der Waals surface area contributed by atoms with Gasteiger partial charge in [0.25, 0.3) is 0 Å². The average molecular weight is 533 g/mol. The fourth-order valence-corrected chi connectivity index (χ4v) is 2.62. The average Bonchev–Trinajstić information content (AvgIpc) is 2.86. The number of carbonyl (C=O) groups excluding carboxylic acids is 4. The molecule has 2 atom stereocenters. The first kappa shape index (κ1) is 30.9. The SMILES string of the molecule is NC(=O)CC(NC(=O)OCc1ccccc1)C(=O)O.NC(=O)C[C@H](NC(=O)OCc1ccccc1)C(=O)O. The van der Waals surface area contributed by atoms with Crippen LogP contribution in [-0.2, 0) is 41.9 Å². The summed E-state index contributed by atoms with van der Waals surface area (Å²) in [6, 6.07) is 15.0. The zero-order valence-electron chi connectivity index (χ0n) is 20.1. The number of primary amides is 2. The molecule has 0 saturated carbocycles. The molecule has 2 aromatic rings. The van der Waals surface area contributed by atoms with Crippen LogP contribution in [0.15, 0.2) is 60.7 Å². The van der Waals surface area contributed by atoms with Crippen LogP contribution in [0.5, 0.6) is 0 Å². The maximum atomic E-state index is 11.4. The molecule has 204 valence electrons. The van der Waals surface area contributed by atoms with Crippen LogP contribution >= 0.6 is 0 Å². The smallest absolute Gasteiger partial charge is 0.408 e. The number of aliphatic carboxylic acids is 2. The van der Waals surface area contributed by atoms with Crippen LogP contribution in [0.2, 0.25) is 0 Å². The number of benzene rings is 2. The number of ether oxygens (including phenoxy) is 2. The van der Waals surface area contributed by atoms with Crippen LogP contribution in [0.3, 0.4) is 0 Å². The summed E-state index contributed by atoms with van der Waals surface area (Å²) >= 11 is 0. The molecule has 0 bridgehead atoms. The minimum atomic E-state index is -1.39. The van der Waals surface area contributed by atoms with E-state index in [4.69, 9.17) is 31.2 Å². The standard InChI is InChI=1S/2C12H14N2O5/c2*13-10(15)6-9(11(16)17)14-12(18)19-7-8-4-2-1-3-5-8/h2*1-5,9H,6-7H2,(H2,13,15)(H,14,18)(H,16,17)/t9-;/m0./s1. The van der Waals surface area contributed by atoms with E-state index in [1.165, 1.54) is 0 Å². The van der Waals surface area contributed by atoms with Crippen molar-refractivity contribution >= 4 is 35.9 Å². The summed E-state index contributed by atoms with van der Waals surface area (Å²) in [5, 5.41) is 21.7. The van der Waals surface area contributed by atoms with E-state index in [1.54, 1.807) is 48.5 Å². The Hall–Kier alpha value is -5.14. The maximum absolute atomic E-state index is 11.4. The lowest BCUT2D eigenvalue weighted by molar-refractivity contribution is -0.141. The molecule has 4 amide bonds. The predicted molar refractivity (Wildman–Crippen MR) is 130 cm³/mol. The third-order valence-corrected chi connectivity index (χ3v) is 4.42. The number of hydrogen-bond acceptors (Lipinski definition) is 8. The van der Waals surface area contributed by atoms with E-state index in [0.29, 0.717) is 0 Å². The zero-order chi connectivity index (χ0) is 28.5. The van der Waals surface area contributed by atoms with Crippen LogP contribution in [0.25, 0.3) is 0 Å². The Kier molecular flexibility index (Phi) is 13.4. The van der Waals surface area contributed by atoms with Crippen molar-refractivity contribution in [2.75, 3.05) is 0 Å². The summed E-state index contributed by atoms with van der Waals surface area (Å²) in [5.41, 5.74) is 11.3. The molecular formula is C24H28N4O10. The Balaban J connectivity index is 0.000000380. The van der Waals surface area contributed by atoms with E-state index in [2.05, 4.69) is 10.6 Å². The van der Waals surface area contributed by atoms with Crippen molar-refractivity contribution in [2.45, 2.75) is 38.1 Å². The molecule has 1 unspecified atom stereocenters. The van der Waals surface area contributed by atoms with Gasteiger partial charge < -0.3 is 41.8 Å². The van der Waals surface area contributed by atoms with E-state index < -0.39 is 60.9 Å². The van der Waals surface area contributed by atoms with Gasteiger partial charge in [-0.2, -0.15) is 0 Å². The maximum Gasteiger partial charge on any atom is 0.408 e. The minimum Gasteiger partial charge on any atom is -0.480 e. The van der Waals surface area contributed by atoms with Crippen molar-refractivity contribution < 1.29 is 48.5 Å². The first-order chi connectivity index (χ1) is 18.0. The Labute approximate surface area is 216 Å². The van der Waals surface area contributed by atoms with E-state index >= 15 is 0 Å². The van der Waals surface area contributed by atoms with Gasteiger partial charge in [0.1, 0.15) is 25.3 Å². The van der Waals surface area contributed by atoms with E-state index in [0.717, 1.165) is 11.1 Å². The fraction of sp³-hybridized carbons (Fsp3) is 0.250. The number of amides is 4. The van der Waals surface area contributed by atoms with Gasteiger partial charge in [0.05, 0.1) is 12.8 Å².